The molecule has 0 radical (unpaired) electrons. The van der Waals surface area contributed by atoms with E-state index in [1.165, 1.54) is 6.42 Å². The maximum atomic E-state index is 5.57. The molecule has 1 fully saturated rings. The minimum absolute atomic E-state index is 0.604. The van der Waals surface area contributed by atoms with Crippen molar-refractivity contribution < 1.29 is 9.47 Å². The highest BCUT2D eigenvalue weighted by molar-refractivity contribution is 5.91. The van der Waals surface area contributed by atoms with Gasteiger partial charge < -0.3 is 19.7 Å². The largest absolute Gasteiger partial charge is 0.497 e. The predicted octanol–water partition coefficient (Wildman–Crippen LogP) is 4.81. The third-order valence-electron chi connectivity index (χ3n) is 6.02. The molecular weight excluding hydrogens is 416 g/mol. The van der Waals surface area contributed by atoms with Gasteiger partial charge in [-0.1, -0.05) is 25.1 Å². The molecule has 0 amide bonds. The molecule has 1 aliphatic rings. The Bertz CT molecular complexity index is 1260. The number of hydrogen-bond acceptors (Lipinski definition) is 7. The van der Waals surface area contributed by atoms with E-state index >= 15 is 0 Å². The number of nitrogens with one attached hydrogen (secondary N) is 1. The Hall–Kier alpha value is -3.81. The van der Waals surface area contributed by atoms with Crippen LogP contribution in [0.1, 0.15) is 19.8 Å². The van der Waals surface area contributed by atoms with Gasteiger partial charge in [0.15, 0.2) is 5.65 Å². The molecule has 0 unspecified atom stereocenters. The van der Waals surface area contributed by atoms with Crippen LogP contribution >= 0.6 is 0 Å². The fourth-order valence-electron chi connectivity index (χ4n) is 4.30. The summed E-state index contributed by atoms with van der Waals surface area (Å²) in [7, 11) is 3.30. The summed E-state index contributed by atoms with van der Waals surface area (Å²) in [5, 5.41) is 8.94. The van der Waals surface area contributed by atoms with Gasteiger partial charge >= 0.3 is 0 Å². The average Bonchev–Trinajstić information content (AvgIpc) is 3.29. The molecule has 0 aliphatic carbocycles. The Morgan fingerprint density at radius 2 is 1.88 bits per heavy atom. The molecule has 0 spiro atoms. The Balaban J connectivity index is 1.65. The lowest BCUT2D eigenvalue weighted by molar-refractivity contribution is 0.405. The molecule has 0 saturated carbocycles. The third-order valence-corrected chi connectivity index (χ3v) is 6.02. The second kappa shape index (κ2) is 8.97. The van der Waals surface area contributed by atoms with Crippen LogP contribution in [0.25, 0.3) is 16.7 Å². The van der Waals surface area contributed by atoms with Crippen LogP contribution in [-0.4, -0.2) is 47.1 Å². The number of nitrogens with zero attached hydrogens (tertiary/aromatic N) is 5. The van der Waals surface area contributed by atoms with Crippen molar-refractivity contribution in [1.82, 2.24) is 19.7 Å². The van der Waals surface area contributed by atoms with Gasteiger partial charge in [-0.3, -0.25) is 0 Å². The molecule has 5 rings (SSSR count). The monoisotopic (exact) mass is 444 g/mol. The molecular formula is C25H28N6O2. The van der Waals surface area contributed by atoms with Crippen molar-refractivity contribution in [2.24, 2.45) is 5.92 Å². The van der Waals surface area contributed by atoms with Crippen LogP contribution in [0.4, 0.5) is 17.5 Å². The molecule has 1 atom stereocenters. The Morgan fingerprint density at radius 3 is 2.64 bits per heavy atom. The van der Waals surface area contributed by atoms with Gasteiger partial charge in [-0.25, -0.2) is 4.68 Å². The molecule has 1 aliphatic heterocycles. The lowest BCUT2D eigenvalue weighted by Crippen LogP contribution is -2.35. The van der Waals surface area contributed by atoms with Crippen LogP contribution < -0.4 is 19.7 Å². The Kier molecular flexibility index (Phi) is 5.73. The number of piperidine rings is 1. The molecule has 33 heavy (non-hydrogen) atoms. The minimum Gasteiger partial charge on any atom is -0.497 e. The van der Waals surface area contributed by atoms with E-state index in [0.29, 0.717) is 23.4 Å². The number of hydrogen-bond donors (Lipinski definition) is 1. The van der Waals surface area contributed by atoms with Gasteiger partial charge in [-0.15, -0.1) is 0 Å². The van der Waals surface area contributed by atoms with Gasteiger partial charge in [-0.05, 0) is 43.0 Å². The number of para-hydroxylation sites is 1. The number of methoxy groups -OCH3 is 2. The lowest BCUT2D eigenvalue weighted by atomic mass is 10.0. The number of benzene rings is 2. The predicted molar refractivity (Wildman–Crippen MR) is 130 cm³/mol. The summed E-state index contributed by atoms with van der Waals surface area (Å²) in [6.07, 6.45) is 4.17. The number of anilines is 3. The Morgan fingerprint density at radius 1 is 1.03 bits per heavy atom. The summed E-state index contributed by atoms with van der Waals surface area (Å²) < 4.78 is 12.9. The van der Waals surface area contributed by atoms with E-state index in [1.54, 1.807) is 20.4 Å². The Labute approximate surface area is 193 Å². The third kappa shape index (κ3) is 4.16. The van der Waals surface area contributed by atoms with Crippen molar-refractivity contribution in [2.45, 2.75) is 19.8 Å². The standard InChI is InChI=1S/C25H28N6O2/c1-17-8-7-13-30(16-17)25-28-23(27-21-14-19(32-2)11-12-22(21)33-3)20-15-26-31(24(20)29-25)18-9-5-4-6-10-18/h4-6,9-12,14-15,17H,7-8,13,16H2,1-3H3,(H,27,28,29)/t17-/m0/s1. The van der Waals surface area contributed by atoms with Crippen LogP contribution in [0.5, 0.6) is 11.5 Å². The van der Waals surface area contributed by atoms with Crippen LogP contribution in [0.2, 0.25) is 0 Å². The highest BCUT2D eigenvalue weighted by Gasteiger charge is 2.22. The lowest BCUT2D eigenvalue weighted by Gasteiger charge is -2.31. The summed E-state index contributed by atoms with van der Waals surface area (Å²) in [6.45, 7) is 4.16. The maximum absolute atomic E-state index is 5.57. The first-order valence-electron chi connectivity index (χ1n) is 11.2. The number of rotatable bonds is 6. The van der Waals surface area contributed by atoms with Crippen molar-refractivity contribution in [3.8, 4) is 17.2 Å². The molecule has 2 aromatic carbocycles. The van der Waals surface area contributed by atoms with Crippen molar-refractivity contribution in [1.29, 1.82) is 0 Å². The highest BCUT2D eigenvalue weighted by Crippen LogP contribution is 2.34. The van der Waals surface area contributed by atoms with Crippen LogP contribution in [0.3, 0.4) is 0 Å². The first kappa shape index (κ1) is 21.1. The molecule has 8 heteroatoms. The van der Waals surface area contributed by atoms with Gasteiger partial charge in [0.2, 0.25) is 5.95 Å². The summed E-state index contributed by atoms with van der Waals surface area (Å²) >= 11 is 0. The number of fused-ring (bicyclic) bond motifs is 1. The number of ether oxygens (including phenoxy) is 2. The molecule has 0 bridgehead atoms. The summed E-state index contributed by atoms with van der Waals surface area (Å²) in [5.74, 6) is 3.42. The zero-order valence-corrected chi connectivity index (χ0v) is 19.2. The van der Waals surface area contributed by atoms with E-state index in [-0.39, 0.29) is 0 Å². The molecule has 2 aromatic heterocycles. The van der Waals surface area contributed by atoms with Crippen LogP contribution in [0.15, 0.2) is 54.7 Å². The molecule has 8 nitrogen and oxygen atoms in total. The van der Waals surface area contributed by atoms with Gasteiger partial charge in [0, 0.05) is 19.2 Å². The summed E-state index contributed by atoms with van der Waals surface area (Å²) in [4.78, 5) is 12.2. The molecule has 1 N–H and O–H groups in total. The maximum Gasteiger partial charge on any atom is 0.229 e. The molecule has 1 saturated heterocycles. The van der Waals surface area contributed by atoms with E-state index in [2.05, 4.69) is 22.2 Å². The van der Waals surface area contributed by atoms with E-state index in [9.17, 15) is 0 Å². The zero-order chi connectivity index (χ0) is 22.8. The van der Waals surface area contributed by atoms with Gasteiger partial charge in [0.1, 0.15) is 17.3 Å². The summed E-state index contributed by atoms with van der Waals surface area (Å²) in [6, 6.07) is 15.7. The van der Waals surface area contributed by atoms with E-state index < -0.39 is 0 Å². The van der Waals surface area contributed by atoms with Crippen molar-refractivity contribution in [2.75, 3.05) is 37.5 Å². The van der Waals surface area contributed by atoms with Crippen LogP contribution in [0, 0.1) is 5.92 Å². The second-order valence-corrected chi connectivity index (χ2v) is 8.39. The first-order valence-corrected chi connectivity index (χ1v) is 11.2. The van der Waals surface area contributed by atoms with E-state index in [0.717, 1.165) is 47.7 Å². The van der Waals surface area contributed by atoms with Crippen molar-refractivity contribution in [3.05, 3.63) is 54.7 Å². The second-order valence-electron chi connectivity index (χ2n) is 8.39. The minimum atomic E-state index is 0.604. The molecule has 4 aromatic rings. The number of aromatic nitrogens is 4. The van der Waals surface area contributed by atoms with E-state index in [1.807, 2.05) is 53.2 Å². The first-order chi connectivity index (χ1) is 16.2. The van der Waals surface area contributed by atoms with Gasteiger partial charge in [-0.2, -0.15) is 15.1 Å². The summed E-state index contributed by atoms with van der Waals surface area (Å²) in [5.41, 5.74) is 2.48. The fourth-order valence-corrected chi connectivity index (χ4v) is 4.30. The van der Waals surface area contributed by atoms with Crippen molar-refractivity contribution in [3.63, 3.8) is 0 Å². The van der Waals surface area contributed by atoms with Gasteiger partial charge in [0.25, 0.3) is 0 Å². The normalized spacial score (nSPS) is 16.1. The molecule has 170 valence electrons. The van der Waals surface area contributed by atoms with E-state index in [4.69, 9.17) is 19.4 Å². The highest BCUT2D eigenvalue weighted by atomic mass is 16.5. The van der Waals surface area contributed by atoms with Crippen LogP contribution in [-0.2, 0) is 0 Å². The average molecular weight is 445 g/mol. The van der Waals surface area contributed by atoms with Gasteiger partial charge in [0.05, 0.1) is 37.2 Å². The topological polar surface area (TPSA) is 77.3 Å². The smallest absolute Gasteiger partial charge is 0.229 e. The molecule has 3 heterocycles. The zero-order valence-electron chi connectivity index (χ0n) is 19.2. The fraction of sp³-hybridized carbons (Fsp3) is 0.320. The van der Waals surface area contributed by atoms with Crippen molar-refractivity contribution >= 4 is 28.5 Å². The quantitative estimate of drug-likeness (QED) is 0.457. The SMILES string of the molecule is COc1ccc(OC)c(Nc2nc(N3CCC[C@H](C)C3)nc3c2cnn3-c2ccccc2)c1.